The summed E-state index contributed by atoms with van der Waals surface area (Å²) in [6, 6.07) is 22.3. The first-order chi connectivity index (χ1) is 21.8. The molecule has 4 rings (SSSR count). The topological polar surface area (TPSA) is 105 Å². The minimum absolute atomic E-state index is 0.0597. The van der Waals surface area contributed by atoms with Crippen molar-refractivity contribution in [3.05, 3.63) is 106 Å². The average molecular weight is 842 g/mol. The third-order valence-corrected chi connectivity index (χ3v) is 10.3. The van der Waals surface area contributed by atoms with Crippen LogP contribution >= 0.6 is 57.4 Å². The van der Waals surface area contributed by atoms with Gasteiger partial charge in [-0.3, -0.25) is 0 Å². The fourth-order valence-electron chi connectivity index (χ4n) is 3.82. The van der Waals surface area contributed by atoms with Crippen LogP contribution in [0.1, 0.15) is 24.0 Å². The maximum atomic E-state index is 12.4. The lowest BCUT2D eigenvalue weighted by Gasteiger charge is -2.11. The molecule has 0 unspecified atom stereocenters. The Bertz CT molecular complexity index is 1690. The van der Waals surface area contributed by atoms with Crippen molar-refractivity contribution in [2.75, 3.05) is 23.5 Å². The molecule has 0 bridgehead atoms. The van der Waals surface area contributed by atoms with Gasteiger partial charge in [0.15, 0.2) is 0 Å². The molecule has 4 aromatic rings. The summed E-state index contributed by atoms with van der Waals surface area (Å²) in [6.07, 6.45) is 1.62. The summed E-state index contributed by atoms with van der Waals surface area (Å²) in [5.74, 6) is 1.98. The molecular formula is C32H32Cl3IO8S2. The van der Waals surface area contributed by atoms with E-state index < -0.39 is 20.2 Å². The quantitative estimate of drug-likeness (QED) is 0.0537. The number of alkyl halides is 2. The van der Waals surface area contributed by atoms with Crippen molar-refractivity contribution in [2.24, 2.45) is 0 Å². The highest BCUT2D eigenvalue weighted by atomic mass is 127. The second kappa shape index (κ2) is 18.2. The monoisotopic (exact) mass is 840 g/mol. The molecule has 0 saturated heterocycles. The Morgan fingerprint density at radius 3 is 1.39 bits per heavy atom. The summed E-state index contributed by atoms with van der Waals surface area (Å²) in [5, 5.41) is 0.234. The Kier molecular flexibility index (Phi) is 15.1. The van der Waals surface area contributed by atoms with Gasteiger partial charge in [-0.15, -0.1) is 11.6 Å². The Morgan fingerprint density at radius 1 is 0.609 bits per heavy atom. The van der Waals surface area contributed by atoms with E-state index in [1.165, 1.54) is 30.3 Å². The van der Waals surface area contributed by atoms with Crippen LogP contribution in [-0.4, -0.2) is 40.4 Å². The van der Waals surface area contributed by atoms with Gasteiger partial charge in [-0.05, 0) is 86.3 Å². The number of rotatable bonds is 14. The van der Waals surface area contributed by atoms with Gasteiger partial charge in [0.25, 0.3) is 0 Å². The number of hydrogen-bond acceptors (Lipinski definition) is 8. The molecule has 0 aliphatic rings. The normalized spacial score (nSPS) is 11.3. The molecule has 0 spiro atoms. The Hall–Kier alpha value is -2.42. The van der Waals surface area contributed by atoms with E-state index in [4.69, 9.17) is 52.6 Å². The van der Waals surface area contributed by atoms with Gasteiger partial charge in [0, 0.05) is 22.4 Å². The van der Waals surface area contributed by atoms with E-state index in [1.54, 1.807) is 48.5 Å². The smallest absolute Gasteiger partial charge is 0.340 e. The first-order valence-electron chi connectivity index (χ1n) is 13.8. The number of halogens is 4. The van der Waals surface area contributed by atoms with Gasteiger partial charge in [0.05, 0.1) is 23.3 Å². The van der Waals surface area contributed by atoms with E-state index in [-0.39, 0.29) is 31.3 Å². The summed E-state index contributed by atoms with van der Waals surface area (Å²) in [6.45, 7) is 4.69. The largest absolute Gasteiger partial charge is 0.493 e. The predicted molar refractivity (Wildman–Crippen MR) is 191 cm³/mol. The second-order valence-electron chi connectivity index (χ2n) is 9.68. The zero-order chi connectivity index (χ0) is 33.7. The van der Waals surface area contributed by atoms with Crippen LogP contribution in [0.4, 0.5) is 0 Å². The molecule has 0 aromatic heterocycles. The number of aryl methyl sites for hydroxylation is 2. The molecule has 248 valence electrons. The van der Waals surface area contributed by atoms with Gasteiger partial charge in [-0.25, -0.2) is 0 Å². The summed E-state index contributed by atoms with van der Waals surface area (Å²) < 4.78 is 71.9. The first kappa shape index (κ1) is 38.0. The fraction of sp³-hybridized carbons (Fsp3) is 0.250. The van der Waals surface area contributed by atoms with Gasteiger partial charge >= 0.3 is 20.2 Å². The molecule has 0 saturated carbocycles. The predicted octanol–water partition coefficient (Wildman–Crippen LogP) is 9.04. The van der Waals surface area contributed by atoms with E-state index in [2.05, 4.69) is 22.6 Å². The van der Waals surface area contributed by atoms with Gasteiger partial charge < -0.3 is 17.8 Å². The molecule has 0 aliphatic carbocycles. The van der Waals surface area contributed by atoms with Crippen molar-refractivity contribution < 1.29 is 34.7 Å². The molecule has 0 atom stereocenters. The van der Waals surface area contributed by atoms with Crippen LogP contribution in [0.3, 0.4) is 0 Å². The van der Waals surface area contributed by atoms with E-state index >= 15 is 0 Å². The molecule has 0 amide bonds. The molecular weight excluding hydrogens is 810 g/mol. The highest BCUT2D eigenvalue weighted by molar-refractivity contribution is 14.1. The molecule has 4 aromatic carbocycles. The van der Waals surface area contributed by atoms with E-state index in [0.717, 1.165) is 22.0 Å². The maximum absolute atomic E-state index is 12.4. The Balaban J connectivity index is 0.000000250. The number of benzene rings is 4. The van der Waals surface area contributed by atoms with Crippen molar-refractivity contribution in [3.8, 4) is 23.0 Å². The number of hydrogen-bond donors (Lipinski definition) is 0. The maximum Gasteiger partial charge on any atom is 0.340 e. The van der Waals surface area contributed by atoms with E-state index in [1.807, 2.05) is 19.9 Å². The van der Waals surface area contributed by atoms with Crippen LogP contribution in [0.25, 0.3) is 0 Å². The lowest BCUT2D eigenvalue weighted by atomic mass is 10.2. The van der Waals surface area contributed by atoms with Crippen LogP contribution in [0.2, 0.25) is 10.0 Å². The highest BCUT2D eigenvalue weighted by Crippen LogP contribution is 2.30. The van der Waals surface area contributed by atoms with Crippen molar-refractivity contribution in [3.63, 3.8) is 0 Å². The zero-order valence-electron chi connectivity index (χ0n) is 24.9. The molecule has 8 nitrogen and oxygen atoms in total. The minimum atomic E-state index is -4.01. The molecule has 0 N–H and O–H groups in total. The van der Waals surface area contributed by atoms with Crippen LogP contribution in [-0.2, 0) is 20.2 Å². The van der Waals surface area contributed by atoms with Crippen LogP contribution in [0.15, 0.2) is 94.7 Å². The van der Waals surface area contributed by atoms with Gasteiger partial charge in [0.1, 0.15) is 32.8 Å². The van der Waals surface area contributed by atoms with E-state index in [9.17, 15) is 16.8 Å². The first-order valence-corrected chi connectivity index (χ1v) is 19.5. The lowest BCUT2D eigenvalue weighted by molar-refractivity contribution is 0.317. The van der Waals surface area contributed by atoms with Crippen molar-refractivity contribution in [2.45, 2.75) is 36.5 Å². The van der Waals surface area contributed by atoms with Crippen LogP contribution < -0.4 is 17.8 Å². The lowest BCUT2D eigenvalue weighted by Crippen LogP contribution is -2.10. The second-order valence-corrected chi connectivity index (χ2v) is 15.0. The third-order valence-electron chi connectivity index (χ3n) is 5.77. The molecule has 46 heavy (non-hydrogen) atoms. The van der Waals surface area contributed by atoms with Crippen LogP contribution in [0.5, 0.6) is 23.0 Å². The molecule has 0 fully saturated rings. The molecule has 14 heteroatoms. The summed E-state index contributed by atoms with van der Waals surface area (Å²) in [4.78, 5) is -0.136. The summed E-state index contributed by atoms with van der Waals surface area (Å²) in [5.41, 5.74) is 1.67. The summed E-state index contributed by atoms with van der Waals surface area (Å²) >= 11 is 19.7. The Labute approximate surface area is 299 Å². The third kappa shape index (κ3) is 12.0. The van der Waals surface area contributed by atoms with Crippen molar-refractivity contribution in [1.82, 2.24) is 0 Å². The fourth-order valence-corrected chi connectivity index (χ4v) is 7.06. The van der Waals surface area contributed by atoms with Crippen molar-refractivity contribution >= 4 is 77.6 Å². The summed E-state index contributed by atoms with van der Waals surface area (Å²) in [7, 11) is -8.00. The van der Waals surface area contributed by atoms with Gasteiger partial charge in [-0.1, -0.05) is 70.1 Å². The molecule has 0 radical (unpaired) electrons. The van der Waals surface area contributed by atoms with Gasteiger partial charge in [0.2, 0.25) is 0 Å². The Morgan fingerprint density at radius 2 is 1.00 bits per heavy atom. The SMILES string of the molecule is Cc1cc(OCCCCl)cc(OS(=O)(=O)c2ccccc2Cl)c1.Cc1cc(OCCCI)cc(OS(=O)(=O)c2ccccc2Cl)c1. The van der Waals surface area contributed by atoms with Crippen molar-refractivity contribution in [1.29, 1.82) is 0 Å². The van der Waals surface area contributed by atoms with E-state index in [0.29, 0.717) is 37.0 Å². The molecule has 0 aliphatic heterocycles. The highest BCUT2D eigenvalue weighted by Gasteiger charge is 2.21. The molecule has 0 heterocycles. The number of ether oxygens (including phenoxy) is 2. The minimum Gasteiger partial charge on any atom is -0.493 e. The van der Waals surface area contributed by atoms with Crippen LogP contribution in [0, 0.1) is 13.8 Å². The standard InChI is InChI=1S/C16H16Cl2O4S.C16H16ClIO4S/c1-12-9-13(21-8-4-7-17)11-14(10-12)22-23(19,20)16-6-3-2-5-15(16)18;1-12-9-13(21-8-4-7-18)11-14(10-12)22-23(19,20)16-6-3-2-5-15(16)17/h2*2-3,5-6,9-11H,4,7-8H2,1H3. The average Bonchev–Trinajstić information content (AvgIpc) is 2.97. The zero-order valence-corrected chi connectivity index (χ0v) is 31.0. The van der Waals surface area contributed by atoms with Gasteiger partial charge in [-0.2, -0.15) is 16.8 Å².